The van der Waals surface area contributed by atoms with Gasteiger partial charge in [0, 0.05) is 67.9 Å². The molecule has 0 spiro atoms. The first-order valence-corrected chi connectivity index (χ1v) is 21.0. The fraction of sp³-hybridized carbons (Fsp3) is 0.500. The number of carbonyl (C=O) groups is 4. The molecule has 3 amide bonds. The van der Waals surface area contributed by atoms with Crippen LogP contribution in [0.5, 0.6) is 5.75 Å². The summed E-state index contributed by atoms with van der Waals surface area (Å²) in [6.07, 6.45) is 5.23. The molecular weight excluding hydrogens is 861 g/mol. The molecule has 2 saturated heterocycles. The number of pyridine rings is 1. The minimum absolute atomic E-state index is 0. The molecule has 17 heteroatoms. The second-order valence-electron chi connectivity index (χ2n) is 17.6. The molecule has 3 aliphatic rings. The number of methoxy groups -OCH3 is 1. The Morgan fingerprint density at radius 2 is 1.83 bits per heavy atom. The lowest BCUT2D eigenvalue weighted by molar-refractivity contribution is -0.156. The number of rotatable bonds is 9. The van der Waals surface area contributed by atoms with E-state index in [1.807, 2.05) is 38.2 Å². The van der Waals surface area contributed by atoms with Crippen molar-refractivity contribution in [3.63, 3.8) is 0 Å². The molecule has 0 radical (unpaired) electrons. The van der Waals surface area contributed by atoms with Crippen LogP contribution in [0.2, 0.25) is 0 Å². The van der Waals surface area contributed by atoms with Crippen molar-refractivity contribution in [3.8, 4) is 28.1 Å². The minimum atomic E-state index is -1.11. The van der Waals surface area contributed by atoms with Crippen LogP contribution < -0.4 is 10.7 Å². The van der Waals surface area contributed by atoms with E-state index in [9.17, 15) is 24.3 Å². The molecule has 4 aromatic rings. The van der Waals surface area contributed by atoms with Gasteiger partial charge in [-0.3, -0.25) is 29.2 Å². The number of hydrogen-bond acceptors (Lipinski definition) is 10. The van der Waals surface area contributed by atoms with Gasteiger partial charge in [-0.25, -0.2) is 5.43 Å². The van der Waals surface area contributed by atoms with E-state index in [1.54, 1.807) is 32.5 Å². The maximum atomic E-state index is 14.5. The highest BCUT2D eigenvalue weighted by Gasteiger charge is 2.40. The number of ether oxygens (including phenoxy) is 3. The lowest BCUT2D eigenvalue weighted by Gasteiger charge is -2.37. The Bertz CT molecular complexity index is 2280. The van der Waals surface area contributed by atoms with E-state index in [2.05, 4.69) is 53.2 Å². The highest BCUT2D eigenvalue weighted by Crippen LogP contribution is 2.41. The second kappa shape index (κ2) is 21.6. The molecule has 63 heavy (non-hydrogen) atoms. The smallest absolute Gasteiger partial charge is 0.324 e. The molecule has 2 fully saturated rings. The van der Waals surface area contributed by atoms with Gasteiger partial charge in [0.1, 0.15) is 23.9 Å². The molecule has 2 aromatic carbocycles. The molecule has 3 atom stereocenters. The Morgan fingerprint density at radius 1 is 1.08 bits per heavy atom. The predicted molar refractivity (Wildman–Crippen MR) is 257 cm³/mol. The zero-order valence-corrected chi connectivity index (χ0v) is 40.2. The number of likely N-dealkylation sites (N-methyl/N-ethyl adjacent to an activating group) is 1. The van der Waals surface area contributed by atoms with Crippen molar-refractivity contribution in [2.24, 2.45) is 17.3 Å². The summed E-state index contributed by atoms with van der Waals surface area (Å²) in [5.41, 5.74) is 9.87. The fourth-order valence-corrected chi connectivity index (χ4v) is 8.92. The van der Waals surface area contributed by atoms with Crippen LogP contribution in [-0.2, 0) is 59.4 Å². The third-order valence-electron chi connectivity index (χ3n) is 12.0. The van der Waals surface area contributed by atoms with E-state index in [0.29, 0.717) is 57.7 Å². The van der Waals surface area contributed by atoms with E-state index >= 15 is 0 Å². The number of aromatic hydroxyl groups is 1. The Hall–Kier alpha value is -4.26. The summed E-state index contributed by atoms with van der Waals surface area (Å²) in [6, 6.07) is 10.7. The van der Waals surface area contributed by atoms with Gasteiger partial charge in [0.2, 0.25) is 11.8 Å². The van der Waals surface area contributed by atoms with E-state index in [1.165, 1.54) is 9.91 Å². The van der Waals surface area contributed by atoms with Crippen molar-refractivity contribution in [2.45, 2.75) is 91.6 Å². The highest BCUT2D eigenvalue weighted by atomic mass is 32.1. The van der Waals surface area contributed by atoms with Crippen LogP contribution in [0.3, 0.4) is 0 Å². The highest BCUT2D eigenvalue weighted by molar-refractivity contribution is 7.59. The van der Waals surface area contributed by atoms with Gasteiger partial charge < -0.3 is 34.1 Å². The van der Waals surface area contributed by atoms with Gasteiger partial charge >= 0.3 is 5.97 Å². The topological polar surface area (TPSA) is 165 Å². The number of nitrogens with zero attached hydrogens (tertiary/aromatic N) is 4. The van der Waals surface area contributed by atoms with Gasteiger partial charge in [0.25, 0.3) is 5.91 Å². The number of cyclic esters (lactones) is 1. The van der Waals surface area contributed by atoms with Crippen LogP contribution in [0, 0.1) is 17.3 Å². The Balaban J connectivity index is 0.00000290. The summed E-state index contributed by atoms with van der Waals surface area (Å²) in [4.78, 5) is 61.9. The summed E-state index contributed by atoms with van der Waals surface area (Å²) < 4.78 is 19.2. The lowest BCUT2D eigenvalue weighted by atomic mass is 9.84. The zero-order valence-electron chi connectivity index (χ0n) is 37.2. The van der Waals surface area contributed by atoms with Crippen LogP contribution in [0.4, 0.5) is 0 Å². The SMILES string of the molecule is CCn1c(-c2cnccc2COC)c2c3cc(ccc31)-c1cc(O)cc(c1)C[C@H](NC(=O)[C@H](C(C)C)N(C)C(=O)C1COC1)C(=O)N1CCC[C@H](N1)C(=O)OCC(C)(C)C2.S.S.S. The number of amides is 3. The third kappa shape index (κ3) is 11.0. The molecule has 7 rings (SSSR count). The van der Waals surface area contributed by atoms with Gasteiger partial charge in [0.15, 0.2) is 0 Å². The molecule has 0 aliphatic carbocycles. The standard InChI is InChI=1S/C46H58N6O8.3H2S/c1-8-51-39-12-11-29-20-34(39)35(41(51)36-22-47-14-13-30(36)23-58-7)21-46(4,5)26-60-45(57)37-10-9-15-52(49-37)44(56)38(18-28-16-31(29)19-33(53)17-28)48-42(54)40(27(2)3)50(6)43(55)32-24-59-25-32;;;/h11-14,16-17,19-20,22,27,32,37-38,40,49,53H,8-10,15,18,21,23-26H2,1-7H3,(H,48,54);3*1H2/t37-,38-,40-;;;/m0.../s1. The predicted octanol–water partition coefficient (Wildman–Crippen LogP) is 5.36. The molecule has 5 heterocycles. The van der Waals surface area contributed by atoms with Crippen molar-refractivity contribution >= 4 is 75.1 Å². The number of nitrogens with one attached hydrogen (secondary N) is 2. The van der Waals surface area contributed by atoms with Crippen molar-refractivity contribution in [3.05, 3.63) is 71.5 Å². The monoisotopic (exact) mass is 924 g/mol. The normalized spacial score (nSPS) is 19.3. The summed E-state index contributed by atoms with van der Waals surface area (Å²) in [6.45, 7) is 12.1. The number of phenolic OH excluding ortho intramolecular Hbond substituents is 1. The first-order chi connectivity index (χ1) is 28.7. The molecule has 3 N–H and O–H groups in total. The summed E-state index contributed by atoms with van der Waals surface area (Å²) >= 11 is 0. The molecule has 0 unspecified atom stereocenters. The van der Waals surface area contributed by atoms with Crippen LogP contribution in [0.25, 0.3) is 33.3 Å². The number of fused-ring (bicyclic) bond motifs is 6. The van der Waals surface area contributed by atoms with E-state index in [-0.39, 0.29) is 77.0 Å². The Morgan fingerprint density at radius 3 is 2.49 bits per heavy atom. The van der Waals surface area contributed by atoms with Gasteiger partial charge in [-0.15, -0.1) is 0 Å². The molecule has 344 valence electrons. The van der Waals surface area contributed by atoms with Crippen molar-refractivity contribution in [2.75, 3.05) is 40.5 Å². The number of phenols is 1. The molecule has 14 nitrogen and oxygen atoms in total. The maximum absolute atomic E-state index is 14.5. The number of hydrogen-bond donors (Lipinski definition) is 3. The van der Waals surface area contributed by atoms with Crippen molar-refractivity contribution in [1.29, 1.82) is 0 Å². The lowest BCUT2D eigenvalue weighted by Crippen LogP contribution is -2.62. The largest absolute Gasteiger partial charge is 0.508 e. The van der Waals surface area contributed by atoms with E-state index < -0.39 is 41.3 Å². The van der Waals surface area contributed by atoms with Gasteiger partial charge in [0.05, 0.1) is 38.0 Å². The summed E-state index contributed by atoms with van der Waals surface area (Å²) in [7, 11) is 3.28. The Kier molecular flexibility index (Phi) is 17.6. The fourth-order valence-electron chi connectivity index (χ4n) is 8.92. The number of carbonyl (C=O) groups excluding carboxylic acids is 4. The number of esters is 1. The van der Waals surface area contributed by atoms with Crippen LogP contribution in [0.1, 0.15) is 64.2 Å². The molecule has 3 aliphatic heterocycles. The summed E-state index contributed by atoms with van der Waals surface area (Å²) in [5.74, 6) is -2.16. The second-order valence-corrected chi connectivity index (χ2v) is 17.6. The number of hydrazine groups is 1. The van der Waals surface area contributed by atoms with Crippen LogP contribution in [-0.4, -0.2) is 107 Å². The Labute approximate surface area is 391 Å². The zero-order chi connectivity index (χ0) is 42.9. The van der Waals surface area contributed by atoms with Crippen molar-refractivity contribution < 1.29 is 38.5 Å². The molecule has 0 saturated carbocycles. The number of benzene rings is 2. The van der Waals surface area contributed by atoms with Gasteiger partial charge in [-0.2, -0.15) is 40.5 Å². The minimum Gasteiger partial charge on any atom is -0.508 e. The first kappa shape index (κ1) is 51.4. The average molecular weight is 925 g/mol. The number of aromatic nitrogens is 2. The van der Waals surface area contributed by atoms with Gasteiger partial charge in [-0.1, -0.05) is 39.8 Å². The molecule has 2 aromatic heterocycles. The first-order valence-electron chi connectivity index (χ1n) is 21.0. The summed E-state index contributed by atoms with van der Waals surface area (Å²) in [5, 5.41) is 16.6. The average Bonchev–Trinajstić information content (AvgIpc) is 3.49. The van der Waals surface area contributed by atoms with Crippen LogP contribution in [0.15, 0.2) is 54.9 Å². The molecular formula is C46H64N6O8S3. The number of aryl methyl sites for hydroxylation is 1. The quantitative estimate of drug-likeness (QED) is 0.186. The third-order valence-corrected chi connectivity index (χ3v) is 12.0. The molecule has 6 bridgehead atoms. The van der Waals surface area contributed by atoms with E-state index in [4.69, 9.17) is 14.2 Å². The van der Waals surface area contributed by atoms with Crippen LogP contribution >= 0.6 is 40.5 Å². The van der Waals surface area contributed by atoms with Gasteiger partial charge in [-0.05, 0) is 90.3 Å². The maximum Gasteiger partial charge on any atom is 0.324 e. The van der Waals surface area contributed by atoms with Crippen molar-refractivity contribution in [1.82, 2.24) is 30.2 Å². The van der Waals surface area contributed by atoms with E-state index in [0.717, 1.165) is 44.4 Å².